The molecule has 10 nitrogen and oxygen atoms in total. The Morgan fingerprint density at radius 2 is 1.82 bits per heavy atom. The molecule has 0 saturated carbocycles. The van der Waals surface area contributed by atoms with Gasteiger partial charge in [-0.1, -0.05) is 29.8 Å². The normalized spacial score (nSPS) is 12.4. The molecule has 0 amide bonds. The Morgan fingerprint density at radius 1 is 1.08 bits per heavy atom. The van der Waals surface area contributed by atoms with Gasteiger partial charge in [-0.25, -0.2) is 19.6 Å². The lowest BCUT2D eigenvalue weighted by atomic mass is 9.88. The van der Waals surface area contributed by atoms with Crippen molar-refractivity contribution in [3.8, 4) is 11.1 Å². The molecule has 0 radical (unpaired) electrons. The lowest BCUT2D eigenvalue weighted by Gasteiger charge is -2.31. The summed E-state index contributed by atoms with van der Waals surface area (Å²) < 4.78 is 9.84. The molecule has 2 N–H and O–H groups in total. The van der Waals surface area contributed by atoms with Crippen LogP contribution in [0.1, 0.15) is 16.3 Å². The summed E-state index contributed by atoms with van der Waals surface area (Å²) in [4.78, 5) is 39.9. The van der Waals surface area contributed by atoms with Gasteiger partial charge in [0.15, 0.2) is 5.60 Å². The Morgan fingerprint density at radius 3 is 2.38 bits per heavy atom. The Bertz CT molecular complexity index is 1720. The topological polar surface area (TPSA) is 137 Å². The summed E-state index contributed by atoms with van der Waals surface area (Å²) >= 11 is 7.80. The number of thiazole rings is 1. The number of imidazole rings is 1. The minimum Gasteiger partial charge on any atom is -0.473 e. The van der Waals surface area contributed by atoms with Gasteiger partial charge >= 0.3 is 11.9 Å². The van der Waals surface area contributed by atoms with Crippen LogP contribution < -0.4 is 5.56 Å². The smallest absolute Gasteiger partial charge is 0.414 e. The Labute approximate surface area is 231 Å². The molecule has 0 saturated heterocycles. The van der Waals surface area contributed by atoms with Crippen LogP contribution in [0, 0.1) is 0 Å². The first-order chi connectivity index (χ1) is 18.6. The molecule has 39 heavy (non-hydrogen) atoms. The largest absolute Gasteiger partial charge is 0.473 e. The first-order valence-electron chi connectivity index (χ1n) is 11.4. The number of carbonyl (C=O) groups is 2. The number of aryl methyl sites for hydroxylation is 2. The van der Waals surface area contributed by atoms with Gasteiger partial charge in [-0.2, -0.15) is 0 Å². The average molecular weight is 567 g/mol. The molecule has 3 aromatic heterocycles. The van der Waals surface area contributed by atoms with E-state index < -0.39 is 17.5 Å². The number of ether oxygens (including phenoxy) is 1. The van der Waals surface area contributed by atoms with Crippen LogP contribution in [0.4, 0.5) is 0 Å². The molecule has 0 bridgehead atoms. The van der Waals surface area contributed by atoms with Gasteiger partial charge in [0.2, 0.25) is 0 Å². The molecule has 0 aliphatic rings. The minimum atomic E-state index is -1.82. The highest BCUT2D eigenvalue weighted by Crippen LogP contribution is 2.42. The predicted octanol–water partition coefficient (Wildman–Crippen LogP) is 4.14. The van der Waals surface area contributed by atoms with E-state index in [0.29, 0.717) is 5.02 Å². The summed E-state index contributed by atoms with van der Waals surface area (Å²) in [7, 11) is 5.39. The van der Waals surface area contributed by atoms with Gasteiger partial charge in [0, 0.05) is 49.3 Å². The molecule has 0 fully saturated rings. The van der Waals surface area contributed by atoms with E-state index in [1.807, 2.05) is 53.4 Å². The maximum atomic E-state index is 12.8. The molecular formula is C27H23ClN4O6S. The highest BCUT2D eigenvalue weighted by Gasteiger charge is 2.42. The van der Waals surface area contributed by atoms with Crippen molar-refractivity contribution in [3.05, 3.63) is 104 Å². The van der Waals surface area contributed by atoms with Crippen molar-refractivity contribution >= 4 is 45.8 Å². The highest BCUT2D eigenvalue weighted by atomic mass is 35.5. The minimum absolute atomic E-state index is 0.0882. The molecule has 5 aromatic rings. The van der Waals surface area contributed by atoms with Gasteiger partial charge in [-0.05, 0) is 41.0 Å². The van der Waals surface area contributed by atoms with Crippen LogP contribution in [0.2, 0.25) is 5.02 Å². The fourth-order valence-corrected chi connectivity index (χ4v) is 5.39. The Kier molecular flexibility index (Phi) is 7.95. The number of aromatic nitrogens is 4. The van der Waals surface area contributed by atoms with Crippen LogP contribution in [-0.2, 0) is 34.0 Å². The van der Waals surface area contributed by atoms with E-state index in [2.05, 4.69) is 16.0 Å². The number of pyridine rings is 1. The predicted molar refractivity (Wildman–Crippen MR) is 147 cm³/mol. The second kappa shape index (κ2) is 11.2. The summed E-state index contributed by atoms with van der Waals surface area (Å²) in [6, 6.07) is 15.2. The van der Waals surface area contributed by atoms with Gasteiger partial charge < -0.3 is 24.1 Å². The third kappa shape index (κ3) is 5.19. The fraction of sp³-hybridized carbons (Fsp3) is 0.148. The van der Waals surface area contributed by atoms with Crippen LogP contribution >= 0.6 is 22.9 Å². The second-order valence-electron chi connectivity index (χ2n) is 8.42. The van der Waals surface area contributed by atoms with Crippen LogP contribution in [0.3, 0.4) is 0 Å². The third-order valence-corrected chi connectivity index (χ3v) is 7.30. The molecule has 0 spiro atoms. The van der Waals surface area contributed by atoms with E-state index in [9.17, 15) is 4.79 Å². The lowest BCUT2D eigenvalue weighted by molar-refractivity contribution is -0.159. The zero-order chi connectivity index (χ0) is 28.3. The molecule has 3 heterocycles. The molecule has 5 rings (SSSR count). The number of fused-ring (bicyclic) bond motifs is 1. The van der Waals surface area contributed by atoms with Gasteiger partial charge in [-0.15, -0.1) is 11.3 Å². The van der Waals surface area contributed by atoms with Gasteiger partial charge in [0.05, 0.1) is 23.7 Å². The van der Waals surface area contributed by atoms with Crippen LogP contribution in [0.5, 0.6) is 0 Å². The standard InChI is InChI=1S/C25H21ClN4O2S.C2H2O4/c1-29-15-27-14-22(29)25(32-3,24-28-9-10-33-24)17-7-8-21-20(12-17)19(13-23(31)30(21)2)16-5-4-6-18(26)11-16;3-1(4)2(5)6/h4-15H,1-3H3;(H,3,4)(H,5,6). The van der Waals surface area contributed by atoms with Crippen molar-refractivity contribution in [1.29, 1.82) is 0 Å². The number of benzene rings is 2. The summed E-state index contributed by atoms with van der Waals surface area (Å²) in [5.74, 6) is -3.65. The number of hydrogen-bond donors (Lipinski definition) is 2. The zero-order valence-electron chi connectivity index (χ0n) is 21.0. The molecular weight excluding hydrogens is 544 g/mol. The SMILES string of the molecule is COC(c1ccc2c(c1)c(-c1cccc(Cl)c1)cc(=O)n2C)(c1nccs1)c1cncn1C.O=C(O)C(=O)O. The quantitative estimate of drug-likeness (QED) is 0.303. The second-order valence-corrected chi connectivity index (χ2v) is 9.75. The summed E-state index contributed by atoms with van der Waals surface area (Å²) in [5, 5.41) is 19.0. The number of halogens is 1. The van der Waals surface area contributed by atoms with Gasteiger partial charge in [0.25, 0.3) is 5.56 Å². The van der Waals surface area contributed by atoms with Crippen molar-refractivity contribution in [3.63, 3.8) is 0 Å². The number of carboxylic acid groups (broad SMARTS) is 2. The maximum Gasteiger partial charge on any atom is 0.414 e. The number of rotatable bonds is 5. The number of hydrogen-bond acceptors (Lipinski definition) is 7. The van der Waals surface area contributed by atoms with Gasteiger partial charge in [-0.3, -0.25) is 4.79 Å². The number of nitrogens with zero attached hydrogens (tertiary/aromatic N) is 4. The molecule has 0 aliphatic carbocycles. The van der Waals surface area contributed by atoms with Crippen molar-refractivity contribution in [2.45, 2.75) is 5.60 Å². The molecule has 1 unspecified atom stereocenters. The van der Waals surface area contributed by atoms with Gasteiger partial charge in [0.1, 0.15) is 5.01 Å². The summed E-state index contributed by atoms with van der Waals surface area (Å²) in [6.45, 7) is 0. The monoisotopic (exact) mass is 566 g/mol. The first-order valence-corrected chi connectivity index (χ1v) is 12.6. The van der Waals surface area contributed by atoms with E-state index in [4.69, 9.17) is 36.1 Å². The molecule has 2 aromatic carbocycles. The van der Waals surface area contributed by atoms with Crippen molar-refractivity contribution in [1.82, 2.24) is 19.1 Å². The number of carboxylic acids is 2. The zero-order valence-corrected chi connectivity index (χ0v) is 22.6. The number of methoxy groups -OCH3 is 1. The van der Waals surface area contributed by atoms with E-state index in [1.54, 1.807) is 43.5 Å². The number of aliphatic carboxylic acids is 2. The van der Waals surface area contributed by atoms with E-state index in [0.717, 1.165) is 38.3 Å². The third-order valence-electron chi connectivity index (χ3n) is 6.19. The highest BCUT2D eigenvalue weighted by molar-refractivity contribution is 7.09. The fourth-order valence-electron chi connectivity index (χ4n) is 4.36. The Balaban J connectivity index is 0.000000531. The molecule has 200 valence electrons. The van der Waals surface area contributed by atoms with Crippen molar-refractivity contribution < 1.29 is 24.5 Å². The molecule has 12 heteroatoms. The van der Waals surface area contributed by atoms with E-state index >= 15 is 0 Å². The van der Waals surface area contributed by atoms with Crippen LogP contribution in [0.25, 0.3) is 22.0 Å². The molecule has 0 aliphatic heterocycles. The van der Waals surface area contributed by atoms with Crippen molar-refractivity contribution in [2.75, 3.05) is 7.11 Å². The van der Waals surface area contributed by atoms with Crippen molar-refractivity contribution in [2.24, 2.45) is 14.1 Å². The summed E-state index contributed by atoms with van der Waals surface area (Å²) in [5.41, 5.74) is 3.19. The van der Waals surface area contributed by atoms with Crippen LogP contribution in [-0.4, -0.2) is 48.4 Å². The maximum absolute atomic E-state index is 12.8. The average Bonchev–Trinajstić information content (AvgIpc) is 3.61. The first kappa shape index (κ1) is 27.7. The van der Waals surface area contributed by atoms with E-state index in [1.165, 1.54) is 11.3 Å². The van der Waals surface area contributed by atoms with Crippen LogP contribution in [0.15, 0.2) is 77.4 Å². The Hall–Kier alpha value is -4.32. The molecule has 1 atom stereocenters. The summed E-state index contributed by atoms with van der Waals surface area (Å²) in [6.07, 6.45) is 5.32. The lowest BCUT2D eigenvalue weighted by Crippen LogP contribution is -2.33. The van der Waals surface area contributed by atoms with E-state index in [-0.39, 0.29) is 5.56 Å².